The minimum Gasteiger partial charge on any atom is -0.322 e. The Morgan fingerprint density at radius 3 is 2.84 bits per heavy atom. The second-order valence-corrected chi connectivity index (χ2v) is 6.89. The Hall–Kier alpha value is -2.44. The fraction of sp³-hybridized carbons (Fsp3) is 0.167. The summed E-state index contributed by atoms with van der Waals surface area (Å²) >= 11 is 7.58. The van der Waals surface area contributed by atoms with Gasteiger partial charge in [0.15, 0.2) is 0 Å². The van der Waals surface area contributed by atoms with Crippen LogP contribution in [-0.2, 0) is 0 Å². The average Bonchev–Trinajstić information content (AvgIpc) is 3.02. The molecule has 1 aromatic heterocycles. The third-order valence-corrected chi connectivity index (χ3v) is 4.89. The second-order valence-electron chi connectivity index (χ2n) is 5.45. The first kappa shape index (κ1) is 17.4. The number of nitrogens with zero attached hydrogens (tertiary/aromatic N) is 2. The van der Waals surface area contributed by atoms with Gasteiger partial charge in [0.25, 0.3) is 5.91 Å². The first-order valence-electron chi connectivity index (χ1n) is 7.82. The lowest BCUT2D eigenvalue weighted by Gasteiger charge is -2.06. The number of fused-ring (bicyclic) bond motifs is 1. The number of thiazole rings is 1. The molecule has 3 rings (SSSR count). The van der Waals surface area contributed by atoms with Crippen molar-refractivity contribution in [2.75, 3.05) is 10.7 Å². The van der Waals surface area contributed by atoms with E-state index in [1.54, 1.807) is 24.3 Å². The molecule has 2 aromatic carbocycles. The highest BCUT2D eigenvalue weighted by atomic mass is 35.5. The van der Waals surface area contributed by atoms with Gasteiger partial charge in [0.1, 0.15) is 0 Å². The van der Waals surface area contributed by atoms with E-state index in [0.717, 1.165) is 27.5 Å². The Labute approximate surface area is 154 Å². The molecular formula is C18H17ClN4OS. The topological polar surface area (TPSA) is 66.4 Å². The van der Waals surface area contributed by atoms with Gasteiger partial charge in [0.2, 0.25) is 5.13 Å². The fourth-order valence-corrected chi connectivity index (χ4v) is 3.13. The summed E-state index contributed by atoms with van der Waals surface area (Å²) in [5, 5.41) is 8.25. The van der Waals surface area contributed by atoms with Crippen LogP contribution in [0.3, 0.4) is 0 Å². The Bertz CT molecular complexity index is 951. The molecule has 5 nitrogen and oxygen atoms in total. The standard InChI is InChI=1S/C18H17ClN4OS/c1-3-11(2)22-23-18-21-15-10-12(8-9-16(15)25-18)20-17(24)13-6-4-5-7-14(13)19/h4-10H,3H2,1-2H3,(H,20,24)(H,21,23)/b22-11-. The zero-order chi connectivity index (χ0) is 17.8. The van der Waals surface area contributed by atoms with Crippen LogP contribution in [0.1, 0.15) is 30.6 Å². The minimum atomic E-state index is -0.248. The normalized spacial score (nSPS) is 11.6. The van der Waals surface area contributed by atoms with Crippen molar-refractivity contribution in [1.82, 2.24) is 4.98 Å². The number of hydrogen-bond acceptors (Lipinski definition) is 5. The number of anilines is 2. The molecule has 0 saturated heterocycles. The van der Waals surface area contributed by atoms with Crippen molar-refractivity contribution in [1.29, 1.82) is 0 Å². The van der Waals surface area contributed by atoms with Crippen LogP contribution in [0.5, 0.6) is 0 Å². The van der Waals surface area contributed by atoms with Gasteiger partial charge >= 0.3 is 0 Å². The zero-order valence-electron chi connectivity index (χ0n) is 13.8. The smallest absolute Gasteiger partial charge is 0.257 e. The molecule has 1 amide bonds. The molecule has 0 unspecified atom stereocenters. The first-order chi connectivity index (χ1) is 12.1. The van der Waals surface area contributed by atoms with E-state index in [1.165, 1.54) is 11.3 Å². The molecule has 0 radical (unpaired) electrons. The molecule has 0 bridgehead atoms. The van der Waals surface area contributed by atoms with E-state index in [0.29, 0.717) is 16.3 Å². The number of aromatic nitrogens is 1. The molecule has 0 spiro atoms. The number of benzene rings is 2. The summed E-state index contributed by atoms with van der Waals surface area (Å²) in [5.41, 5.74) is 5.88. The number of halogens is 1. The van der Waals surface area contributed by atoms with Crippen LogP contribution < -0.4 is 10.7 Å². The third-order valence-electron chi connectivity index (χ3n) is 3.62. The highest BCUT2D eigenvalue weighted by Crippen LogP contribution is 2.28. The summed E-state index contributed by atoms with van der Waals surface area (Å²) in [5.74, 6) is -0.248. The van der Waals surface area contributed by atoms with E-state index in [2.05, 4.69) is 20.8 Å². The van der Waals surface area contributed by atoms with Crippen LogP contribution in [0, 0.1) is 0 Å². The van der Waals surface area contributed by atoms with E-state index in [1.807, 2.05) is 32.0 Å². The largest absolute Gasteiger partial charge is 0.322 e. The molecule has 3 aromatic rings. The molecule has 25 heavy (non-hydrogen) atoms. The van der Waals surface area contributed by atoms with Crippen molar-refractivity contribution in [2.45, 2.75) is 20.3 Å². The van der Waals surface area contributed by atoms with Crippen molar-refractivity contribution in [2.24, 2.45) is 5.10 Å². The predicted molar refractivity (Wildman–Crippen MR) is 106 cm³/mol. The molecular weight excluding hydrogens is 356 g/mol. The van der Waals surface area contributed by atoms with E-state index in [-0.39, 0.29) is 5.91 Å². The summed E-state index contributed by atoms with van der Waals surface area (Å²) in [6.07, 6.45) is 0.885. The molecule has 0 aliphatic heterocycles. The number of carbonyl (C=O) groups excluding carboxylic acids is 1. The maximum absolute atomic E-state index is 12.3. The highest BCUT2D eigenvalue weighted by Gasteiger charge is 2.11. The maximum atomic E-state index is 12.3. The van der Waals surface area contributed by atoms with Crippen LogP contribution in [-0.4, -0.2) is 16.6 Å². The molecule has 0 fully saturated rings. The molecule has 0 saturated carbocycles. The van der Waals surface area contributed by atoms with Gasteiger partial charge in [-0.1, -0.05) is 42.0 Å². The molecule has 1 heterocycles. The molecule has 0 aliphatic carbocycles. The summed E-state index contributed by atoms with van der Waals surface area (Å²) in [4.78, 5) is 16.8. The third kappa shape index (κ3) is 4.15. The van der Waals surface area contributed by atoms with Crippen LogP contribution in [0.4, 0.5) is 10.8 Å². The van der Waals surface area contributed by atoms with Crippen molar-refractivity contribution in [3.05, 3.63) is 53.1 Å². The lowest BCUT2D eigenvalue weighted by Crippen LogP contribution is -2.12. The summed E-state index contributed by atoms with van der Waals surface area (Å²) in [7, 11) is 0. The molecule has 2 N–H and O–H groups in total. The average molecular weight is 373 g/mol. The quantitative estimate of drug-likeness (QED) is 0.465. The number of hydrazone groups is 1. The van der Waals surface area contributed by atoms with Crippen LogP contribution in [0.2, 0.25) is 5.02 Å². The van der Waals surface area contributed by atoms with Gasteiger partial charge in [-0.05, 0) is 43.7 Å². The van der Waals surface area contributed by atoms with Crippen LogP contribution >= 0.6 is 22.9 Å². The van der Waals surface area contributed by atoms with Crippen molar-refractivity contribution >= 4 is 55.6 Å². The minimum absolute atomic E-state index is 0.248. The molecule has 0 atom stereocenters. The van der Waals surface area contributed by atoms with Gasteiger partial charge in [-0.3, -0.25) is 10.2 Å². The lowest BCUT2D eigenvalue weighted by molar-refractivity contribution is 0.102. The maximum Gasteiger partial charge on any atom is 0.257 e. The van der Waals surface area contributed by atoms with Gasteiger partial charge in [-0.15, -0.1) is 0 Å². The zero-order valence-corrected chi connectivity index (χ0v) is 15.4. The molecule has 0 aliphatic rings. The number of rotatable bonds is 5. The van der Waals surface area contributed by atoms with Gasteiger partial charge in [-0.25, -0.2) is 4.98 Å². The van der Waals surface area contributed by atoms with Gasteiger partial charge in [-0.2, -0.15) is 5.10 Å². The lowest BCUT2D eigenvalue weighted by atomic mass is 10.2. The number of nitrogens with one attached hydrogen (secondary N) is 2. The summed E-state index contributed by atoms with van der Waals surface area (Å²) in [6.45, 7) is 4.01. The van der Waals surface area contributed by atoms with Gasteiger partial charge in [0.05, 0.1) is 20.8 Å². The van der Waals surface area contributed by atoms with Gasteiger partial charge < -0.3 is 5.32 Å². The molecule has 7 heteroatoms. The van der Waals surface area contributed by atoms with E-state index in [9.17, 15) is 4.79 Å². The van der Waals surface area contributed by atoms with Crippen LogP contribution in [0.15, 0.2) is 47.6 Å². The van der Waals surface area contributed by atoms with Gasteiger partial charge in [0, 0.05) is 11.4 Å². The van der Waals surface area contributed by atoms with Crippen molar-refractivity contribution < 1.29 is 4.79 Å². The Kier molecular flexibility index (Phi) is 5.31. The fourth-order valence-electron chi connectivity index (χ4n) is 2.12. The second kappa shape index (κ2) is 7.63. The SMILES string of the molecule is CC/C(C)=N\Nc1nc2cc(NC(=O)c3ccccc3Cl)ccc2s1. The highest BCUT2D eigenvalue weighted by molar-refractivity contribution is 7.22. The van der Waals surface area contributed by atoms with Crippen molar-refractivity contribution in [3.63, 3.8) is 0 Å². The van der Waals surface area contributed by atoms with E-state index >= 15 is 0 Å². The summed E-state index contributed by atoms with van der Waals surface area (Å²) < 4.78 is 1.02. The number of amides is 1. The van der Waals surface area contributed by atoms with Crippen molar-refractivity contribution in [3.8, 4) is 0 Å². The van der Waals surface area contributed by atoms with E-state index in [4.69, 9.17) is 11.6 Å². The molecule has 128 valence electrons. The first-order valence-corrected chi connectivity index (χ1v) is 9.02. The monoisotopic (exact) mass is 372 g/mol. The Morgan fingerprint density at radius 2 is 2.08 bits per heavy atom. The Balaban J connectivity index is 1.79. The number of hydrogen-bond donors (Lipinski definition) is 2. The van der Waals surface area contributed by atoms with E-state index < -0.39 is 0 Å². The van der Waals surface area contributed by atoms with Crippen LogP contribution in [0.25, 0.3) is 10.2 Å². The number of carbonyl (C=O) groups is 1. The summed E-state index contributed by atoms with van der Waals surface area (Å²) in [6, 6.07) is 12.6. The predicted octanol–water partition coefficient (Wildman–Crippen LogP) is 5.40. The Morgan fingerprint density at radius 1 is 1.28 bits per heavy atom.